The Hall–Kier alpha value is -2.16. The number of carbonyl (C=O) groups excluding carboxylic acids is 1. The number of carboxylic acids is 1. The van der Waals surface area contributed by atoms with Gasteiger partial charge in [-0.25, -0.2) is 4.79 Å². The highest BCUT2D eigenvalue weighted by Crippen LogP contribution is 2.48. The van der Waals surface area contributed by atoms with E-state index in [0.717, 1.165) is 24.0 Å². The van der Waals surface area contributed by atoms with Gasteiger partial charge in [0.05, 0.1) is 5.56 Å². The predicted molar refractivity (Wildman–Crippen MR) is 76.4 cm³/mol. The van der Waals surface area contributed by atoms with Gasteiger partial charge in [0.1, 0.15) is 0 Å². The summed E-state index contributed by atoms with van der Waals surface area (Å²) in [5.74, 6) is -0.275. The van der Waals surface area contributed by atoms with Gasteiger partial charge < -0.3 is 5.11 Å². The molecule has 0 unspecified atom stereocenters. The number of fused-ring (bicyclic) bond motifs is 1. The van der Waals surface area contributed by atoms with Crippen LogP contribution in [0.5, 0.6) is 0 Å². The maximum absolute atomic E-state index is 12.1. The van der Waals surface area contributed by atoms with Crippen molar-refractivity contribution in [2.45, 2.75) is 19.8 Å². The summed E-state index contributed by atoms with van der Waals surface area (Å²) >= 11 is 0. The van der Waals surface area contributed by atoms with Crippen molar-refractivity contribution in [2.24, 2.45) is 11.8 Å². The second-order valence-corrected chi connectivity index (χ2v) is 5.41. The van der Waals surface area contributed by atoms with Crippen LogP contribution in [0.2, 0.25) is 0 Å². The number of rotatable bonds is 3. The molecule has 0 saturated heterocycles. The number of carboxylic acid groups (broad SMARTS) is 1. The summed E-state index contributed by atoms with van der Waals surface area (Å²) in [4.78, 5) is 22.9. The Morgan fingerprint density at radius 1 is 1.35 bits per heavy atom. The second-order valence-electron chi connectivity index (χ2n) is 5.41. The fourth-order valence-corrected chi connectivity index (χ4v) is 3.03. The van der Waals surface area contributed by atoms with Crippen LogP contribution in [0.15, 0.2) is 41.5 Å². The predicted octanol–water partition coefficient (Wildman–Crippen LogP) is 3.32. The van der Waals surface area contributed by atoms with E-state index < -0.39 is 5.97 Å². The molecule has 1 saturated carbocycles. The lowest BCUT2D eigenvalue weighted by Crippen LogP contribution is -2.36. The minimum absolute atomic E-state index is 0.0921. The molecule has 1 aromatic rings. The number of hydrogen-bond acceptors (Lipinski definition) is 2. The molecule has 2 atom stereocenters. The Morgan fingerprint density at radius 2 is 2.05 bits per heavy atom. The van der Waals surface area contributed by atoms with Crippen molar-refractivity contribution in [2.75, 3.05) is 0 Å². The largest absolute Gasteiger partial charge is 0.478 e. The monoisotopic (exact) mass is 268 g/mol. The summed E-state index contributed by atoms with van der Waals surface area (Å²) in [5.41, 5.74) is 3.42. The average Bonchev–Trinajstić information content (AvgIpc) is 2.85. The first kappa shape index (κ1) is 12.9. The van der Waals surface area contributed by atoms with E-state index in [2.05, 4.69) is 13.0 Å². The van der Waals surface area contributed by atoms with Crippen LogP contribution in [0.4, 0.5) is 0 Å². The quantitative estimate of drug-likeness (QED) is 0.675. The van der Waals surface area contributed by atoms with Crippen molar-refractivity contribution in [3.05, 3.63) is 52.6 Å². The van der Waals surface area contributed by atoms with Crippen LogP contribution in [0.25, 0.3) is 6.08 Å². The van der Waals surface area contributed by atoms with Gasteiger partial charge in [0.25, 0.3) is 0 Å². The number of carbonyl (C=O) groups is 2. The van der Waals surface area contributed by atoms with Gasteiger partial charge in [0, 0.05) is 17.4 Å². The molecule has 102 valence electrons. The summed E-state index contributed by atoms with van der Waals surface area (Å²) in [7, 11) is 0. The highest BCUT2D eigenvalue weighted by molar-refractivity contribution is 6.10. The molecule has 0 aliphatic heterocycles. The first-order chi connectivity index (χ1) is 9.60. The van der Waals surface area contributed by atoms with Crippen molar-refractivity contribution in [1.82, 2.24) is 0 Å². The lowest BCUT2D eigenvalue weighted by Gasteiger charge is -2.32. The molecule has 0 aromatic heterocycles. The van der Waals surface area contributed by atoms with E-state index in [9.17, 15) is 9.59 Å². The highest BCUT2D eigenvalue weighted by atomic mass is 16.4. The van der Waals surface area contributed by atoms with Gasteiger partial charge in [-0.1, -0.05) is 30.7 Å². The molecule has 3 rings (SSSR count). The zero-order valence-electron chi connectivity index (χ0n) is 11.3. The van der Waals surface area contributed by atoms with Gasteiger partial charge >= 0.3 is 5.97 Å². The minimum atomic E-state index is -0.934. The molecule has 3 heteroatoms. The summed E-state index contributed by atoms with van der Waals surface area (Å²) in [6.07, 6.45) is 6.03. The molecule has 1 fully saturated rings. The molecule has 0 bridgehead atoms. The molecule has 0 spiro atoms. The first-order valence-electron chi connectivity index (χ1n) is 6.89. The van der Waals surface area contributed by atoms with Crippen molar-refractivity contribution < 1.29 is 14.7 Å². The SMILES string of the molecule is CCC1=C[C@@H]2C(=O)/C(=C\c3ccc(C(=O)O)cc3)[C@@H]2C1. The molecule has 0 radical (unpaired) electrons. The molecule has 2 aliphatic rings. The number of allylic oxidation sites excluding steroid dienone is 3. The van der Waals surface area contributed by atoms with E-state index in [0.29, 0.717) is 5.92 Å². The summed E-state index contributed by atoms with van der Waals surface area (Å²) in [6, 6.07) is 6.64. The highest BCUT2D eigenvalue weighted by Gasteiger charge is 2.46. The zero-order chi connectivity index (χ0) is 14.3. The third kappa shape index (κ3) is 1.99. The Labute approximate surface area is 117 Å². The second kappa shape index (κ2) is 4.75. The van der Waals surface area contributed by atoms with Crippen LogP contribution in [-0.4, -0.2) is 16.9 Å². The topological polar surface area (TPSA) is 54.4 Å². The Kier molecular flexibility index (Phi) is 3.05. The van der Waals surface area contributed by atoms with Crippen LogP contribution >= 0.6 is 0 Å². The zero-order valence-corrected chi connectivity index (χ0v) is 11.3. The fourth-order valence-electron chi connectivity index (χ4n) is 3.03. The van der Waals surface area contributed by atoms with Gasteiger partial charge in [-0.05, 0) is 36.6 Å². The van der Waals surface area contributed by atoms with E-state index in [-0.39, 0.29) is 17.3 Å². The number of Topliss-reactive ketones (excluding diaryl/α,β-unsaturated/α-hetero) is 1. The van der Waals surface area contributed by atoms with E-state index >= 15 is 0 Å². The maximum atomic E-state index is 12.1. The lowest BCUT2D eigenvalue weighted by atomic mass is 9.69. The van der Waals surface area contributed by atoms with Crippen LogP contribution < -0.4 is 0 Å². The average molecular weight is 268 g/mol. The lowest BCUT2D eigenvalue weighted by molar-refractivity contribution is -0.123. The third-order valence-corrected chi connectivity index (χ3v) is 4.25. The molecule has 0 heterocycles. The van der Waals surface area contributed by atoms with Crippen molar-refractivity contribution >= 4 is 17.8 Å². The van der Waals surface area contributed by atoms with Gasteiger partial charge in [-0.15, -0.1) is 0 Å². The van der Waals surface area contributed by atoms with Crippen LogP contribution in [0, 0.1) is 11.8 Å². The molecular formula is C17H16O3. The van der Waals surface area contributed by atoms with Gasteiger partial charge in [-0.2, -0.15) is 0 Å². The van der Waals surface area contributed by atoms with E-state index in [1.807, 2.05) is 6.08 Å². The molecule has 20 heavy (non-hydrogen) atoms. The normalized spacial score (nSPS) is 26.1. The van der Waals surface area contributed by atoms with Crippen LogP contribution in [0.3, 0.4) is 0 Å². The van der Waals surface area contributed by atoms with E-state index in [1.165, 1.54) is 5.57 Å². The minimum Gasteiger partial charge on any atom is -0.478 e. The number of hydrogen-bond donors (Lipinski definition) is 1. The van der Waals surface area contributed by atoms with Crippen LogP contribution in [0.1, 0.15) is 35.7 Å². The summed E-state index contributed by atoms with van der Waals surface area (Å²) in [6.45, 7) is 2.12. The van der Waals surface area contributed by atoms with Gasteiger partial charge in [0.15, 0.2) is 5.78 Å². The molecule has 1 N–H and O–H groups in total. The molecule has 1 aromatic carbocycles. The fraction of sp³-hybridized carbons (Fsp3) is 0.294. The molecule has 0 amide bonds. The Morgan fingerprint density at radius 3 is 2.65 bits per heavy atom. The third-order valence-electron chi connectivity index (χ3n) is 4.25. The first-order valence-corrected chi connectivity index (χ1v) is 6.89. The summed E-state index contributed by atoms with van der Waals surface area (Å²) < 4.78 is 0. The summed E-state index contributed by atoms with van der Waals surface area (Å²) in [5, 5.41) is 8.86. The van der Waals surface area contributed by atoms with Crippen LogP contribution in [-0.2, 0) is 4.79 Å². The standard InChI is InChI=1S/C17H16O3/c1-2-10-7-13-14(8-10)16(18)15(13)9-11-3-5-12(6-4-11)17(19)20/h3-6,8-9,13-14H,2,7H2,1H3,(H,19,20)/b15-9-/t13-,14+/m1/s1. The van der Waals surface area contributed by atoms with Crippen molar-refractivity contribution in [1.29, 1.82) is 0 Å². The van der Waals surface area contributed by atoms with Crippen molar-refractivity contribution in [3.8, 4) is 0 Å². The molecule has 2 aliphatic carbocycles. The number of benzene rings is 1. The van der Waals surface area contributed by atoms with E-state index in [4.69, 9.17) is 5.11 Å². The Balaban J connectivity index is 1.81. The Bertz CT molecular complexity index is 635. The molecular weight excluding hydrogens is 252 g/mol. The van der Waals surface area contributed by atoms with Crippen molar-refractivity contribution in [3.63, 3.8) is 0 Å². The smallest absolute Gasteiger partial charge is 0.335 e. The van der Waals surface area contributed by atoms with E-state index in [1.54, 1.807) is 24.3 Å². The van der Waals surface area contributed by atoms with Gasteiger partial charge in [0.2, 0.25) is 0 Å². The molecule has 3 nitrogen and oxygen atoms in total. The van der Waals surface area contributed by atoms with Gasteiger partial charge in [-0.3, -0.25) is 4.79 Å². The maximum Gasteiger partial charge on any atom is 0.335 e. The number of aromatic carboxylic acids is 1. The number of ketones is 1.